The summed E-state index contributed by atoms with van der Waals surface area (Å²) in [4.78, 5) is 32.2. The van der Waals surface area contributed by atoms with Crippen molar-refractivity contribution in [3.63, 3.8) is 0 Å². The van der Waals surface area contributed by atoms with Crippen LogP contribution in [0.1, 0.15) is 31.3 Å². The maximum absolute atomic E-state index is 13.3. The number of nitrogens with one attached hydrogen (secondary N) is 1. The van der Waals surface area contributed by atoms with Crippen LogP contribution in [0, 0.1) is 6.92 Å². The first-order chi connectivity index (χ1) is 17.5. The van der Waals surface area contributed by atoms with Crippen molar-refractivity contribution >= 4 is 44.6 Å². The number of nitrogens with two attached hydrogens (primary N) is 1. The Labute approximate surface area is 211 Å². The number of hydrogen-bond donors (Lipinski definition) is 2. The summed E-state index contributed by atoms with van der Waals surface area (Å²) in [5, 5.41) is 3.59. The summed E-state index contributed by atoms with van der Waals surface area (Å²) < 4.78 is 5.34. The number of carbonyl (C=O) groups excluding carboxylic acids is 2. The molecule has 6 rings (SSSR count). The van der Waals surface area contributed by atoms with Crippen LogP contribution < -0.4 is 15.8 Å². The first-order valence-electron chi connectivity index (χ1n) is 11.4. The van der Waals surface area contributed by atoms with E-state index in [-0.39, 0.29) is 11.7 Å². The van der Waals surface area contributed by atoms with E-state index in [0.29, 0.717) is 43.5 Å². The molecule has 36 heavy (non-hydrogen) atoms. The van der Waals surface area contributed by atoms with Gasteiger partial charge in [0.25, 0.3) is 5.91 Å². The van der Waals surface area contributed by atoms with Crippen LogP contribution in [0.5, 0.6) is 5.75 Å². The summed E-state index contributed by atoms with van der Waals surface area (Å²) in [6, 6.07) is 22.6. The van der Waals surface area contributed by atoms with Gasteiger partial charge in [0.15, 0.2) is 0 Å². The summed E-state index contributed by atoms with van der Waals surface area (Å²) >= 11 is 1.19. The zero-order valence-electron chi connectivity index (χ0n) is 19.6. The minimum Gasteiger partial charge on any atom is -0.497 e. The van der Waals surface area contributed by atoms with Crippen molar-refractivity contribution in [2.24, 2.45) is 0 Å². The van der Waals surface area contributed by atoms with Crippen molar-refractivity contribution < 1.29 is 14.3 Å². The highest BCUT2D eigenvalue weighted by molar-refractivity contribution is 7.21. The van der Waals surface area contributed by atoms with Gasteiger partial charge in [0.2, 0.25) is 5.78 Å². The number of nitrogens with zero attached hydrogens (tertiary/aromatic N) is 1. The number of fused-ring (bicyclic) bond motifs is 4. The Morgan fingerprint density at radius 3 is 2.33 bits per heavy atom. The van der Waals surface area contributed by atoms with E-state index in [0.717, 1.165) is 27.8 Å². The lowest BCUT2D eigenvalue weighted by atomic mass is 9.93. The van der Waals surface area contributed by atoms with E-state index < -0.39 is 0 Å². The Kier molecular flexibility index (Phi) is 5.09. The van der Waals surface area contributed by atoms with Crippen LogP contribution in [-0.4, -0.2) is 23.8 Å². The van der Waals surface area contributed by atoms with E-state index in [4.69, 9.17) is 15.5 Å². The Morgan fingerprint density at radius 2 is 1.64 bits per heavy atom. The highest BCUT2D eigenvalue weighted by Gasteiger charge is 2.34. The van der Waals surface area contributed by atoms with Crippen molar-refractivity contribution in [1.29, 1.82) is 0 Å². The predicted molar refractivity (Wildman–Crippen MR) is 144 cm³/mol. The molecule has 0 saturated heterocycles. The zero-order chi connectivity index (χ0) is 25.0. The second-order valence-electron chi connectivity index (χ2n) is 8.66. The molecule has 2 aromatic heterocycles. The number of ketones is 1. The van der Waals surface area contributed by atoms with Gasteiger partial charge in [-0.3, -0.25) is 9.59 Å². The summed E-state index contributed by atoms with van der Waals surface area (Å²) in [5.74, 6) is 0.274. The van der Waals surface area contributed by atoms with E-state index >= 15 is 0 Å². The van der Waals surface area contributed by atoms with Gasteiger partial charge in [-0.05, 0) is 42.3 Å². The van der Waals surface area contributed by atoms with Gasteiger partial charge in [0.1, 0.15) is 21.2 Å². The van der Waals surface area contributed by atoms with Crippen molar-refractivity contribution in [2.45, 2.75) is 6.92 Å². The molecule has 0 unspecified atom stereocenters. The molecule has 1 aliphatic rings. The van der Waals surface area contributed by atoms with Crippen LogP contribution in [-0.2, 0) is 0 Å². The molecule has 6 nitrogen and oxygen atoms in total. The maximum Gasteiger partial charge on any atom is 0.267 e. The number of benzene rings is 3. The number of thiophene rings is 1. The van der Waals surface area contributed by atoms with Gasteiger partial charge in [-0.1, -0.05) is 54.1 Å². The molecule has 3 aromatic carbocycles. The maximum atomic E-state index is 13.3. The Hall–Kier alpha value is -4.49. The van der Waals surface area contributed by atoms with Gasteiger partial charge in [-0.2, -0.15) is 0 Å². The highest BCUT2D eigenvalue weighted by Crippen LogP contribution is 2.49. The van der Waals surface area contributed by atoms with Gasteiger partial charge in [-0.25, -0.2) is 4.98 Å². The Balaban J connectivity index is 1.59. The van der Waals surface area contributed by atoms with E-state index in [9.17, 15) is 9.59 Å². The predicted octanol–water partition coefficient (Wildman–Crippen LogP) is 6.33. The molecule has 1 amide bonds. The van der Waals surface area contributed by atoms with Gasteiger partial charge < -0.3 is 15.8 Å². The van der Waals surface area contributed by atoms with Crippen molar-refractivity contribution in [3.05, 3.63) is 94.5 Å². The number of aryl methyl sites for hydroxylation is 1. The molecule has 1 aliphatic carbocycles. The number of aromatic nitrogens is 1. The zero-order valence-corrected chi connectivity index (χ0v) is 20.4. The Morgan fingerprint density at radius 1 is 0.944 bits per heavy atom. The number of nitrogen functional groups attached to an aromatic ring is 1. The number of carbonyl (C=O) groups is 2. The van der Waals surface area contributed by atoms with Crippen LogP contribution >= 0.6 is 11.3 Å². The van der Waals surface area contributed by atoms with Gasteiger partial charge in [0, 0.05) is 27.8 Å². The number of hydrogen-bond acceptors (Lipinski definition) is 6. The molecular formula is C29H21N3O3S. The molecule has 0 fully saturated rings. The van der Waals surface area contributed by atoms with E-state index in [1.807, 2.05) is 79.7 Å². The minimum absolute atomic E-state index is 0.130. The second-order valence-corrected chi connectivity index (χ2v) is 9.66. The normalized spacial score (nSPS) is 11.9. The quantitative estimate of drug-likeness (QED) is 0.301. The third-order valence-corrected chi connectivity index (χ3v) is 7.53. The lowest BCUT2D eigenvalue weighted by molar-refractivity contribution is 0.102. The molecule has 0 saturated carbocycles. The molecule has 176 valence electrons. The molecule has 7 heteroatoms. The molecule has 2 heterocycles. The van der Waals surface area contributed by atoms with Gasteiger partial charge >= 0.3 is 0 Å². The third-order valence-electron chi connectivity index (χ3n) is 6.43. The fraction of sp³-hybridized carbons (Fsp3) is 0.0690. The molecule has 3 N–H and O–H groups in total. The van der Waals surface area contributed by atoms with Crippen LogP contribution in [0.2, 0.25) is 0 Å². The van der Waals surface area contributed by atoms with Crippen molar-refractivity contribution in [3.8, 4) is 28.0 Å². The molecular weight excluding hydrogens is 470 g/mol. The van der Waals surface area contributed by atoms with Crippen LogP contribution in [0.3, 0.4) is 0 Å². The number of rotatable bonds is 4. The van der Waals surface area contributed by atoms with E-state index in [1.54, 1.807) is 7.11 Å². The first kappa shape index (κ1) is 22.0. The topological polar surface area (TPSA) is 94.3 Å². The van der Waals surface area contributed by atoms with Crippen molar-refractivity contribution in [1.82, 2.24) is 4.98 Å². The minimum atomic E-state index is -0.313. The Bertz CT molecular complexity index is 1690. The number of amides is 1. The monoisotopic (exact) mass is 491 g/mol. The highest BCUT2D eigenvalue weighted by atomic mass is 32.1. The lowest BCUT2D eigenvalue weighted by Crippen LogP contribution is -2.11. The summed E-state index contributed by atoms with van der Waals surface area (Å²) in [5.41, 5.74) is 13.0. The average Bonchev–Trinajstić information content (AvgIpc) is 3.38. The molecule has 0 spiro atoms. The number of methoxy groups -OCH3 is 1. The first-order valence-corrected chi connectivity index (χ1v) is 12.2. The second kappa shape index (κ2) is 8.32. The van der Waals surface area contributed by atoms with Crippen molar-refractivity contribution in [2.75, 3.05) is 18.2 Å². The standard InChI is InChI=1S/C29H21N3O3S/c1-15-7-11-17(12-8-15)31-28(34)27-24(30)23-21(16-9-13-18(35-2)14-10-16)22-19-5-3-4-6-20(19)26(33)25(22)32-29(23)36-27/h3-14H,30H2,1-2H3,(H,31,34). The van der Waals surface area contributed by atoms with E-state index in [2.05, 4.69) is 5.32 Å². The molecule has 0 bridgehead atoms. The fourth-order valence-corrected chi connectivity index (χ4v) is 5.65. The summed E-state index contributed by atoms with van der Waals surface area (Å²) in [6.07, 6.45) is 0. The average molecular weight is 492 g/mol. The number of ether oxygens (including phenoxy) is 1. The van der Waals surface area contributed by atoms with Crippen LogP contribution in [0.4, 0.5) is 11.4 Å². The smallest absolute Gasteiger partial charge is 0.267 e. The SMILES string of the molecule is COc1ccc(-c2c3c(nc4sc(C(=O)Nc5ccc(C)cc5)c(N)c24)C(=O)c2ccccc2-3)cc1. The molecule has 0 aliphatic heterocycles. The molecule has 0 atom stereocenters. The largest absolute Gasteiger partial charge is 0.497 e. The van der Waals surface area contributed by atoms with Crippen LogP contribution in [0.15, 0.2) is 72.8 Å². The lowest BCUT2D eigenvalue weighted by Gasteiger charge is -2.12. The number of anilines is 2. The summed E-state index contributed by atoms with van der Waals surface area (Å²) in [7, 11) is 1.61. The number of pyridine rings is 1. The molecule has 5 aromatic rings. The molecule has 0 radical (unpaired) electrons. The fourth-order valence-electron chi connectivity index (χ4n) is 4.65. The summed E-state index contributed by atoms with van der Waals surface area (Å²) in [6.45, 7) is 1.99. The van der Waals surface area contributed by atoms with Crippen LogP contribution in [0.25, 0.3) is 32.5 Å². The van der Waals surface area contributed by atoms with Gasteiger partial charge in [0.05, 0.1) is 12.8 Å². The van der Waals surface area contributed by atoms with E-state index in [1.165, 1.54) is 11.3 Å². The third kappa shape index (κ3) is 3.36. The van der Waals surface area contributed by atoms with Gasteiger partial charge in [-0.15, -0.1) is 11.3 Å².